The highest BCUT2D eigenvalue weighted by Gasteiger charge is 2.20. The van der Waals surface area contributed by atoms with Crippen LogP contribution in [0.3, 0.4) is 0 Å². The number of rotatable bonds is 9. The molecule has 2 aromatic heterocycles. The summed E-state index contributed by atoms with van der Waals surface area (Å²) in [5.41, 5.74) is 0.0965. The molecule has 0 unspecified atom stereocenters. The van der Waals surface area contributed by atoms with Crippen molar-refractivity contribution in [3.8, 4) is 5.88 Å². The van der Waals surface area contributed by atoms with Crippen LogP contribution in [0, 0.1) is 11.6 Å². The second-order valence-electron chi connectivity index (χ2n) is 6.47. The zero-order chi connectivity index (χ0) is 22.6. The predicted molar refractivity (Wildman–Crippen MR) is 109 cm³/mol. The Morgan fingerprint density at radius 1 is 1.32 bits per heavy atom. The molecular formula is C18H19F2N5O4S2. The summed E-state index contributed by atoms with van der Waals surface area (Å²) in [7, 11) is -2.41. The Balaban J connectivity index is 1.88. The first-order valence-electron chi connectivity index (χ1n) is 8.91. The molecule has 1 atom stereocenters. The van der Waals surface area contributed by atoms with E-state index in [4.69, 9.17) is 4.74 Å². The van der Waals surface area contributed by atoms with Crippen LogP contribution >= 0.6 is 11.8 Å². The lowest BCUT2D eigenvalue weighted by Gasteiger charge is -2.13. The zero-order valence-electron chi connectivity index (χ0n) is 16.5. The van der Waals surface area contributed by atoms with Crippen molar-refractivity contribution in [3.05, 3.63) is 54.0 Å². The van der Waals surface area contributed by atoms with E-state index in [0.717, 1.165) is 17.8 Å². The first-order valence-corrected chi connectivity index (χ1v) is 11.4. The van der Waals surface area contributed by atoms with Gasteiger partial charge in [0, 0.05) is 30.6 Å². The van der Waals surface area contributed by atoms with Crippen LogP contribution in [0.2, 0.25) is 0 Å². The summed E-state index contributed by atoms with van der Waals surface area (Å²) in [5.74, 6) is -2.07. The van der Waals surface area contributed by atoms with Crippen molar-refractivity contribution in [3.63, 3.8) is 0 Å². The van der Waals surface area contributed by atoms with Crippen LogP contribution in [0.5, 0.6) is 5.88 Å². The van der Waals surface area contributed by atoms with Crippen LogP contribution in [-0.2, 0) is 22.8 Å². The molecule has 13 heteroatoms. The number of nitrogens with one attached hydrogen (secondary N) is 1. The number of halogens is 2. The summed E-state index contributed by atoms with van der Waals surface area (Å²) >= 11 is 0.959. The number of hydrogen-bond donors (Lipinski definition) is 2. The first kappa shape index (κ1) is 22.9. The lowest BCUT2D eigenvalue weighted by molar-refractivity contribution is 0.124. The van der Waals surface area contributed by atoms with Gasteiger partial charge in [-0.1, -0.05) is 23.9 Å². The molecule has 3 aromatic rings. The van der Waals surface area contributed by atoms with Crippen LogP contribution in [0.4, 0.5) is 14.6 Å². The Hall–Kier alpha value is -2.77. The first-order chi connectivity index (χ1) is 14.7. The molecule has 1 aromatic carbocycles. The molecule has 0 aliphatic rings. The molecule has 0 amide bonds. The van der Waals surface area contributed by atoms with Crippen LogP contribution in [-0.4, -0.2) is 45.8 Å². The predicted octanol–water partition coefficient (Wildman–Crippen LogP) is 2.34. The number of nitrogens with zero attached hydrogens (tertiary/aromatic N) is 4. The molecular weight excluding hydrogens is 452 g/mol. The minimum atomic E-state index is -4.04. The van der Waals surface area contributed by atoms with Gasteiger partial charge in [0.15, 0.2) is 21.8 Å². The van der Waals surface area contributed by atoms with Crippen molar-refractivity contribution < 1.29 is 27.0 Å². The fraction of sp³-hybridized carbons (Fsp3) is 0.278. The number of aliphatic hydroxyl groups excluding tert-OH is 1. The Morgan fingerprint density at radius 2 is 2.10 bits per heavy atom. The third-order valence-corrected chi connectivity index (χ3v) is 5.98. The van der Waals surface area contributed by atoms with Crippen molar-refractivity contribution in [2.75, 3.05) is 11.3 Å². The van der Waals surface area contributed by atoms with Crippen LogP contribution in [0.25, 0.3) is 0 Å². The minimum Gasteiger partial charge on any atom is -0.472 e. The third kappa shape index (κ3) is 5.89. The van der Waals surface area contributed by atoms with E-state index in [9.17, 15) is 22.3 Å². The Morgan fingerprint density at radius 3 is 2.77 bits per heavy atom. The fourth-order valence-corrected chi connectivity index (χ4v) is 4.14. The van der Waals surface area contributed by atoms with E-state index in [1.54, 1.807) is 14.0 Å². The van der Waals surface area contributed by atoms with Gasteiger partial charge in [0.05, 0.1) is 12.9 Å². The average Bonchev–Trinajstić information content (AvgIpc) is 3.16. The monoisotopic (exact) mass is 471 g/mol. The van der Waals surface area contributed by atoms with E-state index < -0.39 is 27.8 Å². The van der Waals surface area contributed by atoms with Crippen molar-refractivity contribution in [2.45, 2.75) is 29.0 Å². The zero-order valence-corrected chi connectivity index (χ0v) is 18.1. The Kier molecular flexibility index (Phi) is 7.08. The van der Waals surface area contributed by atoms with Crippen LogP contribution in [0.15, 0.2) is 47.0 Å². The molecule has 0 saturated heterocycles. The number of aromatic nitrogens is 4. The minimum absolute atomic E-state index is 0.00233. The van der Waals surface area contributed by atoms with Crippen molar-refractivity contribution in [1.82, 2.24) is 19.5 Å². The lowest BCUT2D eigenvalue weighted by atomic mass is 10.2. The smallest absolute Gasteiger partial charge is 0.282 e. The van der Waals surface area contributed by atoms with E-state index in [2.05, 4.69) is 19.7 Å². The lowest BCUT2D eigenvalue weighted by Crippen LogP contribution is -2.18. The Bertz CT molecular complexity index is 1170. The molecule has 0 radical (unpaired) electrons. The number of hydrogen-bond acceptors (Lipinski definition) is 8. The number of anilines is 1. The molecule has 2 N–H and O–H groups in total. The molecule has 0 aliphatic heterocycles. The van der Waals surface area contributed by atoms with E-state index in [-0.39, 0.29) is 39.8 Å². The number of benzene rings is 1. The van der Waals surface area contributed by atoms with Gasteiger partial charge < -0.3 is 14.4 Å². The second-order valence-corrected chi connectivity index (χ2v) is 9.04. The van der Waals surface area contributed by atoms with Gasteiger partial charge >= 0.3 is 0 Å². The number of sulfonamides is 1. The number of imidazole rings is 1. The summed E-state index contributed by atoms with van der Waals surface area (Å²) < 4.78 is 61.7. The molecule has 3 rings (SSSR count). The molecule has 0 spiro atoms. The van der Waals surface area contributed by atoms with Crippen molar-refractivity contribution in [1.29, 1.82) is 0 Å². The largest absolute Gasteiger partial charge is 0.472 e. The summed E-state index contributed by atoms with van der Waals surface area (Å²) in [4.78, 5) is 12.1. The van der Waals surface area contributed by atoms with E-state index in [1.807, 2.05) is 0 Å². The normalized spacial score (nSPS) is 12.5. The highest BCUT2D eigenvalue weighted by Crippen LogP contribution is 2.27. The summed E-state index contributed by atoms with van der Waals surface area (Å²) in [5, 5.41) is 9.06. The number of thioether (sulfide) groups is 1. The van der Waals surface area contributed by atoms with Gasteiger partial charge in [-0.05, 0) is 13.0 Å². The van der Waals surface area contributed by atoms with Gasteiger partial charge in [-0.25, -0.2) is 18.7 Å². The Labute approximate surface area is 181 Å². The van der Waals surface area contributed by atoms with Gasteiger partial charge in [-0.15, -0.1) is 0 Å². The maximum absolute atomic E-state index is 13.9. The van der Waals surface area contributed by atoms with Gasteiger partial charge in [0.1, 0.15) is 11.9 Å². The van der Waals surface area contributed by atoms with Crippen molar-refractivity contribution >= 4 is 27.6 Å². The van der Waals surface area contributed by atoms with Gasteiger partial charge in [0.2, 0.25) is 5.88 Å². The van der Waals surface area contributed by atoms with E-state index in [0.29, 0.717) is 0 Å². The van der Waals surface area contributed by atoms with E-state index in [1.165, 1.54) is 35.3 Å². The summed E-state index contributed by atoms with van der Waals surface area (Å²) in [6.07, 6.45) is 2.03. The van der Waals surface area contributed by atoms with Crippen LogP contribution < -0.4 is 9.46 Å². The highest BCUT2D eigenvalue weighted by molar-refractivity contribution is 7.98. The molecule has 31 heavy (non-hydrogen) atoms. The standard InChI is InChI=1S/C18H19F2N5O4S2/c1-11(8-26)29-15-6-14(24-31(27,28)16-7-25(2)10-21-16)22-18(23-15)30-9-12-4-3-5-13(19)17(12)20/h3-7,10-11,26H,8-9H2,1-2H3,(H,22,23,24)/t11-/m1/s1. The maximum Gasteiger partial charge on any atom is 0.282 e. The number of aryl methyl sites for hydroxylation is 1. The average molecular weight is 472 g/mol. The number of aliphatic hydroxyl groups is 1. The molecule has 166 valence electrons. The SMILES string of the molecule is C[C@H](CO)Oc1cc(NS(=O)(=O)c2cn(C)cn2)nc(SCc2cccc(F)c2F)n1. The van der Waals surface area contributed by atoms with Gasteiger partial charge in [-0.3, -0.25) is 4.72 Å². The molecule has 0 saturated carbocycles. The third-order valence-electron chi connectivity index (χ3n) is 3.84. The molecule has 2 heterocycles. The topological polar surface area (TPSA) is 119 Å². The fourth-order valence-electron chi connectivity index (χ4n) is 2.34. The molecule has 0 aliphatic carbocycles. The highest BCUT2D eigenvalue weighted by atomic mass is 32.2. The van der Waals surface area contributed by atoms with Crippen molar-refractivity contribution in [2.24, 2.45) is 7.05 Å². The quantitative estimate of drug-likeness (QED) is 0.361. The van der Waals surface area contributed by atoms with Gasteiger partial charge in [-0.2, -0.15) is 13.4 Å². The van der Waals surface area contributed by atoms with Crippen LogP contribution in [0.1, 0.15) is 12.5 Å². The second kappa shape index (κ2) is 9.58. The number of ether oxygens (including phenoxy) is 1. The van der Waals surface area contributed by atoms with E-state index >= 15 is 0 Å². The summed E-state index contributed by atoms with van der Waals surface area (Å²) in [6, 6.07) is 5.06. The molecule has 0 bridgehead atoms. The molecule has 0 fully saturated rings. The maximum atomic E-state index is 13.9. The molecule has 9 nitrogen and oxygen atoms in total. The van der Waals surface area contributed by atoms with Gasteiger partial charge in [0.25, 0.3) is 10.0 Å². The summed E-state index contributed by atoms with van der Waals surface area (Å²) in [6.45, 7) is 1.30.